The van der Waals surface area contributed by atoms with Crippen molar-refractivity contribution >= 4 is 23.7 Å². The smallest absolute Gasteiger partial charge is 0.416 e. The number of amides is 2. The number of nitrogens with zero attached hydrogens (tertiary/aromatic N) is 1. The van der Waals surface area contributed by atoms with E-state index in [1.165, 1.54) is 12.1 Å². The van der Waals surface area contributed by atoms with Gasteiger partial charge in [-0.05, 0) is 55.0 Å². The summed E-state index contributed by atoms with van der Waals surface area (Å²) in [7, 11) is 0. The van der Waals surface area contributed by atoms with E-state index in [1.54, 1.807) is 41.5 Å². The number of halogens is 6. The summed E-state index contributed by atoms with van der Waals surface area (Å²) in [6.45, 7) is 10.1. The van der Waals surface area contributed by atoms with E-state index in [1.807, 2.05) is 0 Å². The van der Waals surface area contributed by atoms with Crippen molar-refractivity contribution < 1.29 is 45.4 Å². The molecule has 13 heteroatoms. The molecule has 0 spiro atoms. The summed E-state index contributed by atoms with van der Waals surface area (Å²) in [4.78, 5) is 26.1. The van der Waals surface area contributed by atoms with Crippen molar-refractivity contribution in [3.8, 4) is 0 Å². The van der Waals surface area contributed by atoms with Crippen LogP contribution in [0.1, 0.15) is 75.6 Å². The van der Waals surface area contributed by atoms with Gasteiger partial charge in [-0.15, -0.1) is 0 Å². The zero-order valence-electron chi connectivity index (χ0n) is 21.8. The van der Waals surface area contributed by atoms with Crippen LogP contribution in [0, 0.1) is 0 Å². The van der Waals surface area contributed by atoms with Gasteiger partial charge in [0.05, 0.1) is 24.3 Å². The first-order valence-electron chi connectivity index (χ1n) is 11.7. The van der Waals surface area contributed by atoms with E-state index in [9.17, 15) is 35.9 Å². The Morgan fingerprint density at radius 2 is 1.26 bits per heavy atom. The number of ether oxygens (including phenoxy) is 2. The Morgan fingerprint density at radius 3 is 1.71 bits per heavy atom. The zero-order valence-corrected chi connectivity index (χ0v) is 21.8. The van der Waals surface area contributed by atoms with Gasteiger partial charge in [0.15, 0.2) is 0 Å². The second-order valence-corrected chi connectivity index (χ2v) is 8.45. The van der Waals surface area contributed by atoms with E-state index >= 15 is 0 Å². The van der Waals surface area contributed by atoms with Crippen LogP contribution < -0.4 is 10.6 Å². The van der Waals surface area contributed by atoms with E-state index in [-0.39, 0.29) is 47.7 Å². The molecule has 1 aromatic carbocycles. The Hall–Kier alpha value is -3.51. The molecule has 2 rings (SSSR count). The highest BCUT2D eigenvalue weighted by Crippen LogP contribution is 2.37. The monoisotopic (exact) mass is 551 g/mol. The van der Waals surface area contributed by atoms with Crippen LogP contribution in [0.2, 0.25) is 0 Å². The molecule has 7 nitrogen and oxygen atoms in total. The average Bonchev–Trinajstić information content (AvgIpc) is 2.78. The van der Waals surface area contributed by atoms with Crippen molar-refractivity contribution in [2.75, 3.05) is 23.8 Å². The largest absolute Gasteiger partial charge is 0.450 e. The van der Waals surface area contributed by atoms with Crippen molar-refractivity contribution in [3.05, 3.63) is 52.7 Å². The van der Waals surface area contributed by atoms with Gasteiger partial charge in [-0.3, -0.25) is 10.6 Å². The van der Waals surface area contributed by atoms with Crippen molar-refractivity contribution in [1.82, 2.24) is 4.98 Å². The maximum absolute atomic E-state index is 12.9. The number of benzene rings is 1. The van der Waals surface area contributed by atoms with Crippen LogP contribution in [-0.4, -0.2) is 30.4 Å². The third-order valence-corrected chi connectivity index (χ3v) is 4.87. The predicted molar refractivity (Wildman–Crippen MR) is 130 cm³/mol. The van der Waals surface area contributed by atoms with Crippen molar-refractivity contribution in [1.29, 1.82) is 0 Å². The lowest BCUT2D eigenvalue weighted by Crippen LogP contribution is -2.17. The van der Waals surface area contributed by atoms with E-state index in [2.05, 4.69) is 25.1 Å². The van der Waals surface area contributed by atoms with Gasteiger partial charge in [0.1, 0.15) is 5.82 Å². The van der Waals surface area contributed by atoms with Gasteiger partial charge in [0.25, 0.3) is 0 Å². The topological polar surface area (TPSA) is 89.6 Å². The molecule has 212 valence electrons. The summed E-state index contributed by atoms with van der Waals surface area (Å²) in [5, 5.41) is 4.41. The van der Waals surface area contributed by atoms with E-state index < -0.39 is 35.7 Å². The van der Waals surface area contributed by atoms with Crippen LogP contribution in [0.4, 0.5) is 47.4 Å². The number of alkyl halides is 6. The van der Waals surface area contributed by atoms with Crippen LogP contribution in [0.5, 0.6) is 0 Å². The molecule has 2 amide bonds. The summed E-state index contributed by atoms with van der Waals surface area (Å²) in [5.41, 5.74) is -1.19. The van der Waals surface area contributed by atoms with Gasteiger partial charge >= 0.3 is 24.5 Å². The molecule has 0 atom stereocenters. The predicted octanol–water partition coefficient (Wildman–Crippen LogP) is 8.19. The average molecular weight is 552 g/mol. The number of aromatic nitrogens is 1. The number of carbonyl (C=O) groups excluding carboxylic acids is 2. The van der Waals surface area contributed by atoms with Gasteiger partial charge in [-0.25, -0.2) is 14.6 Å². The summed E-state index contributed by atoms with van der Waals surface area (Å²) in [6.07, 6.45) is -9.43. The molecule has 0 unspecified atom stereocenters. The molecule has 2 aromatic rings. The second-order valence-electron chi connectivity index (χ2n) is 8.45. The molecule has 0 aliphatic heterocycles. The number of rotatable bonds is 6. The molecular formula is C25H31F6N3O4. The molecule has 0 bridgehead atoms. The zero-order chi connectivity index (χ0) is 29.3. The highest BCUT2D eigenvalue weighted by molar-refractivity contribution is 5.85. The maximum Gasteiger partial charge on any atom is 0.416 e. The Balaban J connectivity index is 0.000000380. The summed E-state index contributed by atoms with van der Waals surface area (Å²) >= 11 is 0. The second kappa shape index (κ2) is 13.9. The number of carbonyl (C=O) groups is 2. The third kappa shape index (κ3) is 10.1. The number of hydrogen-bond acceptors (Lipinski definition) is 5. The number of nitrogens with one attached hydrogen (secondary N) is 2. The molecular weight excluding hydrogens is 520 g/mol. The lowest BCUT2D eigenvalue weighted by atomic mass is 9.96. The molecule has 0 radical (unpaired) electrons. The van der Waals surface area contributed by atoms with Crippen molar-refractivity contribution in [2.45, 2.75) is 65.7 Å². The Morgan fingerprint density at radius 1 is 0.789 bits per heavy atom. The molecule has 1 heterocycles. The summed E-state index contributed by atoms with van der Waals surface area (Å²) < 4.78 is 86.7. The van der Waals surface area contributed by atoms with Gasteiger partial charge in [-0.2, -0.15) is 26.3 Å². The molecule has 0 fully saturated rings. The summed E-state index contributed by atoms with van der Waals surface area (Å²) in [6, 6.07) is 4.54. The first kappa shape index (κ1) is 32.5. The lowest BCUT2D eigenvalue weighted by molar-refractivity contribution is -0.139. The highest BCUT2D eigenvalue weighted by atomic mass is 19.4. The third-order valence-electron chi connectivity index (χ3n) is 4.87. The SMILES string of the molecule is CCOC(=O)Nc1cc(C(F)(F)F)c(C(C)C)cn1.CCOC(=O)Nc1ccc(C(C)C)c(C(F)(F)F)c1. The number of anilines is 2. The van der Waals surface area contributed by atoms with Crippen molar-refractivity contribution in [3.63, 3.8) is 0 Å². The van der Waals surface area contributed by atoms with E-state index in [0.717, 1.165) is 18.3 Å². The minimum atomic E-state index is -4.49. The van der Waals surface area contributed by atoms with Crippen LogP contribution in [0.25, 0.3) is 0 Å². The standard InChI is InChI=1S/C13H16F3NO2.C12H15F3N2O2/c1-4-19-12(18)17-9-5-6-10(8(2)3)11(7-9)13(14,15)16;1-4-19-11(18)17-10-5-9(12(13,14)15)8(6-16-10)7(2)3/h5-8H,4H2,1-3H3,(H,17,18);5-7H,4H2,1-3H3,(H,16,17,18). The molecule has 38 heavy (non-hydrogen) atoms. The normalized spacial score (nSPS) is 11.5. The summed E-state index contributed by atoms with van der Waals surface area (Å²) in [5.74, 6) is -0.760. The number of pyridine rings is 1. The van der Waals surface area contributed by atoms with E-state index in [4.69, 9.17) is 0 Å². The van der Waals surface area contributed by atoms with Gasteiger partial charge < -0.3 is 9.47 Å². The van der Waals surface area contributed by atoms with Gasteiger partial charge in [0, 0.05) is 11.9 Å². The first-order chi connectivity index (χ1) is 17.5. The highest BCUT2D eigenvalue weighted by Gasteiger charge is 2.35. The fourth-order valence-electron chi connectivity index (χ4n) is 3.18. The maximum atomic E-state index is 12.9. The van der Waals surface area contributed by atoms with Crippen LogP contribution >= 0.6 is 0 Å². The lowest BCUT2D eigenvalue weighted by Gasteiger charge is -2.17. The molecule has 0 saturated heterocycles. The van der Waals surface area contributed by atoms with Crippen LogP contribution in [-0.2, 0) is 21.8 Å². The molecule has 0 aliphatic carbocycles. The number of hydrogen-bond donors (Lipinski definition) is 2. The first-order valence-corrected chi connectivity index (χ1v) is 11.7. The molecule has 0 saturated carbocycles. The molecule has 2 N–H and O–H groups in total. The van der Waals surface area contributed by atoms with Crippen LogP contribution in [0.15, 0.2) is 30.5 Å². The molecule has 1 aromatic heterocycles. The Bertz CT molecular complexity index is 1000. The van der Waals surface area contributed by atoms with Gasteiger partial charge in [-0.1, -0.05) is 33.8 Å². The fraction of sp³-hybridized carbons (Fsp3) is 0.480. The van der Waals surface area contributed by atoms with E-state index in [0.29, 0.717) is 0 Å². The Labute approximate surface area is 216 Å². The van der Waals surface area contributed by atoms with Crippen LogP contribution in [0.3, 0.4) is 0 Å². The van der Waals surface area contributed by atoms with Gasteiger partial charge in [0.2, 0.25) is 0 Å². The van der Waals surface area contributed by atoms with Crippen molar-refractivity contribution in [2.24, 2.45) is 0 Å². The fourth-order valence-corrected chi connectivity index (χ4v) is 3.18. The Kier molecular flexibility index (Phi) is 11.9. The quantitative estimate of drug-likeness (QED) is 0.353. The molecule has 0 aliphatic rings. The minimum Gasteiger partial charge on any atom is -0.450 e. The minimum absolute atomic E-state index is 0.0650.